The molecule has 0 radical (unpaired) electrons. The maximum Gasteiger partial charge on any atom is 0.236 e. The Morgan fingerprint density at radius 1 is 1.17 bits per heavy atom. The number of carbonyl (C=O) groups excluding carboxylic acids is 1. The maximum atomic E-state index is 12.4. The van der Waals surface area contributed by atoms with Gasteiger partial charge in [-0.25, -0.2) is 13.4 Å². The Morgan fingerprint density at radius 2 is 1.93 bits per heavy atom. The molecule has 1 aromatic heterocycles. The summed E-state index contributed by atoms with van der Waals surface area (Å²) in [6.07, 6.45) is 1.16. The fraction of sp³-hybridized carbons (Fsp3) is 0.100. The highest BCUT2D eigenvalue weighted by Gasteiger charge is 2.13. The number of thiazole rings is 1. The lowest BCUT2D eigenvalue weighted by Crippen LogP contribution is -2.13. The Kier molecular flexibility index (Phi) is 5.52. The van der Waals surface area contributed by atoms with Crippen molar-refractivity contribution in [3.05, 3.63) is 59.6 Å². The van der Waals surface area contributed by atoms with Gasteiger partial charge in [0.15, 0.2) is 15.0 Å². The molecule has 4 aromatic rings. The number of amides is 1. The first-order chi connectivity index (χ1) is 13.8. The Balaban J connectivity index is 1.49. The largest absolute Gasteiger partial charge is 0.301 e. The van der Waals surface area contributed by atoms with E-state index in [1.165, 1.54) is 29.2 Å². The number of hydrogen-bond acceptors (Lipinski definition) is 6. The molecule has 0 fully saturated rings. The predicted octanol–water partition coefficient (Wildman–Crippen LogP) is 5.24. The fourth-order valence-corrected chi connectivity index (χ4v) is 5.76. The van der Waals surface area contributed by atoms with Crippen molar-refractivity contribution in [2.45, 2.75) is 9.79 Å². The van der Waals surface area contributed by atoms with E-state index >= 15 is 0 Å². The molecule has 0 aliphatic rings. The lowest BCUT2D eigenvalue weighted by Gasteiger charge is -2.07. The summed E-state index contributed by atoms with van der Waals surface area (Å²) in [7, 11) is -3.29. The van der Waals surface area contributed by atoms with Gasteiger partial charge in [-0.3, -0.25) is 4.79 Å². The van der Waals surface area contributed by atoms with Crippen LogP contribution in [0.2, 0.25) is 5.02 Å². The highest BCUT2D eigenvalue weighted by molar-refractivity contribution is 8.00. The third kappa shape index (κ3) is 4.40. The van der Waals surface area contributed by atoms with Crippen molar-refractivity contribution in [1.82, 2.24) is 4.98 Å². The normalized spacial score (nSPS) is 11.8. The Morgan fingerprint density at radius 3 is 2.69 bits per heavy atom. The van der Waals surface area contributed by atoms with E-state index in [1.54, 1.807) is 12.1 Å². The van der Waals surface area contributed by atoms with E-state index in [0.29, 0.717) is 20.4 Å². The summed E-state index contributed by atoms with van der Waals surface area (Å²) in [5.74, 6) is 0.0101. The maximum absolute atomic E-state index is 12.4. The third-order valence-electron chi connectivity index (χ3n) is 4.21. The molecule has 0 bridgehead atoms. The van der Waals surface area contributed by atoms with Gasteiger partial charge in [-0.15, -0.1) is 11.8 Å². The second kappa shape index (κ2) is 7.95. The minimum atomic E-state index is -3.29. The van der Waals surface area contributed by atoms with Gasteiger partial charge in [-0.2, -0.15) is 0 Å². The number of thioether (sulfide) groups is 1. The first-order valence-electron chi connectivity index (χ1n) is 8.52. The van der Waals surface area contributed by atoms with Crippen molar-refractivity contribution in [1.29, 1.82) is 0 Å². The third-order valence-corrected chi connectivity index (χ3v) is 7.63. The van der Waals surface area contributed by atoms with Crippen molar-refractivity contribution < 1.29 is 13.2 Å². The zero-order valence-corrected chi connectivity index (χ0v) is 18.4. The highest BCUT2D eigenvalue weighted by atomic mass is 35.5. The number of rotatable bonds is 5. The Bertz CT molecular complexity index is 1340. The summed E-state index contributed by atoms with van der Waals surface area (Å²) in [6, 6.07) is 16.3. The van der Waals surface area contributed by atoms with Crippen LogP contribution in [0.3, 0.4) is 0 Å². The molecular formula is C20H15ClN2O3S3. The number of anilines is 1. The van der Waals surface area contributed by atoms with E-state index in [-0.39, 0.29) is 16.6 Å². The standard InChI is InChI=1S/C20H15ClN2O3S3/c1-29(25,26)13-8-9-15-17(10-13)28-20(22-15)23-18(24)11-27-16-7-3-5-12-4-2-6-14(21)19(12)16/h2-10H,11H2,1H3,(H,22,23,24). The minimum Gasteiger partial charge on any atom is -0.301 e. The summed E-state index contributed by atoms with van der Waals surface area (Å²) in [5.41, 5.74) is 0.645. The van der Waals surface area contributed by atoms with Crippen molar-refractivity contribution in [3.8, 4) is 0 Å². The first kappa shape index (κ1) is 20.2. The van der Waals surface area contributed by atoms with Gasteiger partial charge in [0.05, 0.1) is 20.9 Å². The minimum absolute atomic E-state index is 0.193. The van der Waals surface area contributed by atoms with E-state index in [1.807, 2.05) is 36.4 Å². The molecule has 0 aliphatic carbocycles. The van der Waals surface area contributed by atoms with Crippen LogP contribution in [0, 0.1) is 0 Å². The van der Waals surface area contributed by atoms with Crippen LogP contribution >= 0.6 is 34.7 Å². The topological polar surface area (TPSA) is 76.1 Å². The quantitative estimate of drug-likeness (QED) is 0.410. The average molecular weight is 463 g/mol. The Hall–Kier alpha value is -2.13. The number of nitrogens with one attached hydrogen (secondary N) is 1. The van der Waals surface area contributed by atoms with Gasteiger partial charge in [-0.1, -0.05) is 47.2 Å². The molecule has 9 heteroatoms. The van der Waals surface area contributed by atoms with Crippen molar-refractivity contribution >= 4 is 76.6 Å². The smallest absolute Gasteiger partial charge is 0.236 e. The zero-order chi connectivity index (χ0) is 20.6. The van der Waals surface area contributed by atoms with E-state index in [4.69, 9.17) is 11.6 Å². The summed E-state index contributed by atoms with van der Waals surface area (Å²) in [6.45, 7) is 0. The number of nitrogens with zero attached hydrogens (tertiary/aromatic N) is 1. The van der Waals surface area contributed by atoms with Crippen LogP contribution in [0.4, 0.5) is 5.13 Å². The molecule has 0 aliphatic heterocycles. The molecule has 1 N–H and O–H groups in total. The molecule has 148 valence electrons. The molecular weight excluding hydrogens is 448 g/mol. The van der Waals surface area contributed by atoms with Gasteiger partial charge in [0.1, 0.15) is 0 Å². The van der Waals surface area contributed by atoms with E-state index in [9.17, 15) is 13.2 Å². The summed E-state index contributed by atoms with van der Waals surface area (Å²) < 4.78 is 24.1. The van der Waals surface area contributed by atoms with Gasteiger partial charge in [-0.05, 0) is 35.7 Å². The average Bonchev–Trinajstić information content (AvgIpc) is 3.07. The van der Waals surface area contributed by atoms with Gasteiger partial charge >= 0.3 is 0 Å². The van der Waals surface area contributed by atoms with E-state index in [0.717, 1.165) is 21.9 Å². The first-order valence-corrected chi connectivity index (χ1v) is 12.6. The van der Waals surface area contributed by atoms with E-state index in [2.05, 4.69) is 10.3 Å². The molecule has 3 aromatic carbocycles. The predicted molar refractivity (Wildman–Crippen MR) is 121 cm³/mol. The molecule has 0 saturated carbocycles. The van der Waals surface area contributed by atoms with Crippen LogP contribution in [0.25, 0.3) is 21.0 Å². The number of carbonyl (C=O) groups is 1. The number of sulfone groups is 1. The molecule has 29 heavy (non-hydrogen) atoms. The van der Waals surface area contributed by atoms with Crippen LogP contribution in [0.1, 0.15) is 0 Å². The second-order valence-electron chi connectivity index (χ2n) is 6.35. The zero-order valence-electron chi connectivity index (χ0n) is 15.2. The van der Waals surface area contributed by atoms with Crippen molar-refractivity contribution in [2.24, 2.45) is 0 Å². The SMILES string of the molecule is CS(=O)(=O)c1ccc2nc(NC(=O)CSc3cccc4cccc(Cl)c34)sc2c1. The summed E-state index contributed by atoms with van der Waals surface area (Å²) in [4.78, 5) is 17.9. The van der Waals surface area contributed by atoms with E-state index < -0.39 is 9.84 Å². The van der Waals surface area contributed by atoms with Crippen LogP contribution < -0.4 is 5.32 Å². The van der Waals surface area contributed by atoms with Gasteiger partial charge in [0.25, 0.3) is 0 Å². The van der Waals surface area contributed by atoms with Crippen LogP contribution in [-0.4, -0.2) is 31.3 Å². The monoisotopic (exact) mass is 462 g/mol. The van der Waals surface area contributed by atoms with Crippen LogP contribution in [0.15, 0.2) is 64.4 Å². The Labute approximate surface area is 181 Å². The van der Waals surface area contributed by atoms with Gasteiger partial charge in [0.2, 0.25) is 5.91 Å². The number of hydrogen-bond donors (Lipinski definition) is 1. The number of fused-ring (bicyclic) bond motifs is 2. The fourth-order valence-electron chi connectivity index (χ4n) is 2.87. The molecule has 0 unspecified atom stereocenters. The molecule has 0 atom stereocenters. The molecule has 1 amide bonds. The van der Waals surface area contributed by atoms with Crippen molar-refractivity contribution in [2.75, 3.05) is 17.3 Å². The molecule has 4 rings (SSSR count). The number of aromatic nitrogens is 1. The summed E-state index contributed by atoms with van der Waals surface area (Å²) >= 11 is 8.98. The lowest BCUT2D eigenvalue weighted by molar-refractivity contribution is -0.113. The highest BCUT2D eigenvalue weighted by Crippen LogP contribution is 2.33. The van der Waals surface area contributed by atoms with Crippen LogP contribution in [-0.2, 0) is 14.6 Å². The molecule has 0 spiro atoms. The lowest BCUT2D eigenvalue weighted by atomic mass is 10.1. The van der Waals surface area contributed by atoms with Gasteiger partial charge < -0.3 is 5.32 Å². The molecule has 0 saturated heterocycles. The van der Waals surface area contributed by atoms with Crippen LogP contribution in [0.5, 0.6) is 0 Å². The number of halogens is 1. The molecule has 1 heterocycles. The van der Waals surface area contributed by atoms with Gasteiger partial charge in [0, 0.05) is 21.6 Å². The second-order valence-corrected chi connectivity index (χ2v) is 10.8. The number of benzene rings is 3. The molecule has 5 nitrogen and oxygen atoms in total. The van der Waals surface area contributed by atoms with Crippen molar-refractivity contribution in [3.63, 3.8) is 0 Å². The summed E-state index contributed by atoms with van der Waals surface area (Å²) in [5, 5.41) is 5.83.